The highest BCUT2D eigenvalue weighted by Crippen LogP contribution is 2.43. The standard InChI is InChI=1S/C19H27F2N3OS.HI/c1-3-26(25)13-7-4-6-12(10-13)23-19(22-2)24-17-11-14(17)18-15(20)8-5-9-16(18)21;/h5,8-9,12-14,17H,3-4,6-7,10-11H2,1-2H3,(H2,22,23,24);1H. The Labute approximate surface area is 179 Å². The predicted octanol–water partition coefficient (Wildman–Crippen LogP) is 3.68. The normalized spacial score (nSPS) is 28.8. The van der Waals surface area contributed by atoms with Crippen molar-refractivity contribution in [3.63, 3.8) is 0 Å². The van der Waals surface area contributed by atoms with Crippen molar-refractivity contribution in [1.82, 2.24) is 10.6 Å². The lowest BCUT2D eigenvalue weighted by molar-refractivity contribution is 0.413. The number of hydrogen-bond donors (Lipinski definition) is 2. The highest BCUT2D eigenvalue weighted by Gasteiger charge is 2.42. The Morgan fingerprint density at radius 2 is 1.93 bits per heavy atom. The van der Waals surface area contributed by atoms with E-state index in [2.05, 4.69) is 15.6 Å². The van der Waals surface area contributed by atoms with E-state index in [1.165, 1.54) is 18.2 Å². The van der Waals surface area contributed by atoms with Gasteiger partial charge in [-0.25, -0.2) is 8.78 Å². The second kappa shape index (κ2) is 10.1. The molecule has 0 radical (unpaired) electrons. The maximum absolute atomic E-state index is 13.9. The van der Waals surface area contributed by atoms with Gasteiger partial charge in [-0.3, -0.25) is 9.20 Å². The molecule has 0 bridgehead atoms. The SMILES string of the molecule is CCS(=O)C1CCCC(NC(=NC)NC2CC2c2c(F)cccc2F)C1.I. The zero-order valence-electron chi connectivity index (χ0n) is 15.7. The summed E-state index contributed by atoms with van der Waals surface area (Å²) < 4.78 is 39.9. The molecule has 1 aromatic rings. The van der Waals surface area contributed by atoms with E-state index in [0.29, 0.717) is 18.1 Å². The molecule has 3 rings (SSSR count). The van der Waals surface area contributed by atoms with E-state index in [9.17, 15) is 13.0 Å². The van der Waals surface area contributed by atoms with E-state index in [-0.39, 0.29) is 52.8 Å². The van der Waals surface area contributed by atoms with Crippen LogP contribution in [0.5, 0.6) is 0 Å². The molecule has 0 saturated heterocycles. The molecule has 0 heterocycles. The van der Waals surface area contributed by atoms with Gasteiger partial charge in [-0.1, -0.05) is 19.4 Å². The molecule has 2 N–H and O–H groups in total. The van der Waals surface area contributed by atoms with E-state index >= 15 is 0 Å². The molecule has 27 heavy (non-hydrogen) atoms. The van der Waals surface area contributed by atoms with Crippen molar-refractivity contribution in [3.8, 4) is 0 Å². The molecule has 5 unspecified atom stereocenters. The molecule has 8 heteroatoms. The van der Waals surface area contributed by atoms with Gasteiger partial charge in [-0.15, -0.1) is 24.0 Å². The lowest BCUT2D eigenvalue weighted by Crippen LogP contribution is -2.47. The van der Waals surface area contributed by atoms with Gasteiger partial charge in [0.2, 0.25) is 0 Å². The van der Waals surface area contributed by atoms with Crippen LogP contribution >= 0.6 is 24.0 Å². The van der Waals surface area contributed by atoms with E-state index in [1.54, 1.807) is 7.05 Å². The minimum absolute atomic E-state index is 0. The van der Waals surface area contributed by atoms with Crippen molar-refractivity contribution in [2.24, 2.45) is 4.99 Å². The van der Waals surface area contributed by atoms with E-state index in [0.717, 1.165) is 25.7 Å². The number of hydrogen-bond acceptors (Lipinski definition) is 2. The van der Waals surface area contributed by atoms with Gasteiger partial charge < -0.3 is 10.6 Å². The van der Waals surface area contributed by atoms with Crippen LogP contribution in [0.15, 0.2) is 23.2 Å². The van der Waals surface area contributed by atoms with Crippen LogP contribution in [-0.2, 0) is 10.8 Å². The summed E-state index contributed by atoms with van der Waals surface area (Å²) in [4.78, 5) is 4.26. The molecule has 152 valence electrons. The Bertz CT molecular complexity index is 683. The molecule has 0 aliphatic heterocycles. The lowest BCUT2D eigenvalue weighted by atomic mass is 9.95. The summed E-state index contributed by atoms with van der Waals surface area (Å²) in [5.41, 5.74) is 0.163. The number of halogens is 3. The fourth-order valence-electron chi connectivity index (χ4n) is 3.83. The van der Waals surface area contributed by atoms with Gasteiger partial charge in [-0.05, 0) is 37.8 Å². The number of aliphatic imine (C=N–C) groups is 1. The Morgan fingerprint density at radius 1 is 1.22 bits per heavy atom. The van der Waals surface area contributed by atoms with E-state index in [1.807, 2.05) is 6.92 Å². The quantitative estimate of drug-likeness (QED) is 0.361. The average Bonchev–Trinajstić information content (AvgIpc) is 3.39. The molecule has 0 amide bonds. The Balaban J connectivity index is 0.00000261. The molecule has 2 saturated carbocycles. The van der Waals surface area contributed by atoms with Crippen molar-refractivity contribution >= 4 is 40.7 Å². The van der Waals surface area contributed by atoms with Gasteiger partial charge in [0, 0.05) is 52.4 Å². The topological polar surface area (TPSA) is 53.5 Å². The zero-order valence-corrected chi connectivity index (χ0v) is 18.9. The summed E-state index contributed by atoms with van der Waals surface area (Å²) in [6.45, 7) is 1.96. The molecule has 1 aromatic carbocycles. The molecule has 5 atom stereocenters. The van der Waals surface area contributed by atoms with Crippen LogP contribution in [0.2, 0.25) is 0 Å². The van der Waals surface area contributed by atoms with Crippen LogP contribution in [0.25, 0.3) is 0 Å². The van der Waals surface area contributed by atoms with Crippen LogP contribution in [0.3, 0.4) is 0 Å². The number of nitrogens with zero attached hydrogens (tertiary/aromatic N) is 1. The summed E-state index contributed by atoms with van der Waals surface area (Å²) in [5, 5.41) is 6.92. The second-order valence-electron chi connectivity index (χ2n) is 7.10. The first-order valence-electron chi connectivity index (χ1n) is 9.34. The average molecular weight is 511 g/mol. The van der Waals surface area contributed by atoms with Crippen molar-refractivity contribution < 1.29 is 13.0 Å². The van der Waals surface area contributed by atoms with Gasteiger partial charge in [0.1, 0.15) is 11.6 Å². The van der Waals surface area contributed by atoms with E-state index < -0.39 is 22.4 Å². The second-order valence-corrected chi connectivity index (χ2v) is 9.11. The Kier molecular flexibility index (Phi) is 8.45. The molecular formula is C19H28F2IN3OS. The molecule has 4 nitrogen and oxygen atoms in total. The Hall–Kier alpha value is -0.770. The first-order chi connectivity index (χ1) is 12.5. The van der Waals surface area contributed by atoms with Crippen molar-refractivity contribution in [1.29, 1.82) is 0 Å². The fraction of sp³-hybridized carbons (Fsp3) is 0.632. The van der Waals surface area contributed by atoms with Crippen molar-refractivity contribution in [2.75, 3.05) is 12.8 Å². The zero-order chi connectivity index (χ0) is 18.7. The van der Waals surface area contributed by atoms with Gasteiger partial charge >= 0.3 is 0 Å². The first-order valence-corrected chi connectivity index (χ1v) is 10.7. The molecule has 0 aromatic heterocycles. The minimum atomic E-state index is -0.769. The van der Waals surface area contributed by atoms with Gasteiger partial charge in [0.15, 0.2) is 5.96 Å². The van der Waals surface area contributed by atoms with Gasteiger partial charge in [-0.2, -0.15) is 0 Å². The summed E-state index contributed by atoms with van der Waals surface area (Å²) in [7, 11) is 0.927. The molecule has 2 fully saturated rings. The molecule has 0 spiro atoms. The maximum Gasteiger partial charge on any atom is 0.191 e. The monoisotopic (exact) mass is 511 g/mol. The van der Waals surface area contributed by atoms with Crippen molar-refractivity contribution in [3.05, 3.63) is 35.4 Å². The smallest absolute Gasteiger partial charge is 0.191 e. The van der Waals surface area contributed by atoms with Crippen LogP contribution in [0.1, 0.15) is 50.5 Å². The highest BCUT2D eigenvalue weighted by atomic mass is 127. The van der Waals surface area contributed by atoms with Crippen LogP contribution < -0.4 is 10.6 Å². The lowest BCUT2D eigenvalue weighted by Gasteiger charge is -2.30. The van der Waals surface area contributed by atoms with Crippen LogP contribution in [-0.4, -0.2) is 40.3 Å². The molecule has 2 aliphatic carbocycles. The number of rotatable bonds is 5. The van der Waals surface area contributed by atoms with Gasteiger partial charge in [0.25, 0.3) is 0 Å². The minimum Gasteiger partial charge on any atom is -0.354 e. The summed E-state index contributed by atoms with van der Waals surface area (Å²) >= 11 is 0. The third kappa shape index (κ3) is 5.62. The number of nitrogens with one attached hydrogen (secondary N) is 2. The summed E-state index contributed by atoms with van der Waals surface area (Å²) in [5.74, 6) is 0.213. The van der Waals surface area contributed by atoms with Gasteiger partial charge in [0.05, 0.1) is 0 Å². The van der Waals surface area contributed by atoms with Crippen LogP contribution in [0, 0.1) is 11.6 Å². The number of benzene rings is 1. The number of guanidine groups is 1. The third-order valence-corrected chi connectivity index (χ3v) is 7.07. The van der Waals surface area contributed by atoms with Crippen molar-refractivity contribution in [2.45, 2.75) is 62.3 Å². The third-order valence-electron chi connectivity index (χ3n) is 5.33. The summed E-state index contributed by atoms with van der Waals surface area (Å²) in [6, 6.07) is 4.21. The summed E-state index contributed by atoms with van der Waals surface area (Å²) in [6.07, 6.45) is 4.65. The van der Waals surface area contributed by atoms with Crippen LogP contribution in [0.4, 0.5) is 8.78 Å². The fourth-order valence-corrected chi connectivity index (χ4v) is 5.18. The highest BCUT2D eigenvalue weighted by molar-refractivity contribution is 14.0. The van der Waals surface area contributed by atoms with E-state index in [4.69, 9.17) is 0 Å². The predicted molar refractivity (Wildman–Crippen MR) is 117 cm³/mol. The largest absolute Gasteiger partial charge is 0.354 e. The molecular weight excluding hydrogens is 483 g/mol. The maximum atomic E-state index is 13.9. The molecule has 2 aliphatic rings. The Morgan fingerprint density at radius 3 is 2.56 bits per heavy atom. The first kappa shape index (κ1) is 22.5.